The van der Waals surface area contributed by atoms with Crippen LogP contribution in [0.1, 0.15) is 24.2 Å². The van der Waals surface area contributed by atoms with E-state index in [1.807, 2.05) is 6.07 Å². The minimum Gasteiger partial charge on any atom is -0.493 e. The highest BCUT2D eigenvalue weighted by atomic mass is 16.5. The summed E-state index contributed by atoms with van der Waals surface area (Å²) in [5.74, 6) is 1.27. The molecule has 20 heavy (non-hydrogen) atoms. The molecule has 0 bridgehead atoms. The SMILES string of the molecule is COc1cc(C#N)ccc1Oc1cc(C(C)O)ccn1. The topological polar surface area (TPSA) is 75.4 Å². The zero-order valence-corrected chi connectivity index (χ0v) is 11.2. The first-order chi connectivity index (χ1) is 9.63. The first-order valence-corrected chi connectivity index (χ1v) is 6.04. The van der Waals surface area contributed by atoms with Crippen LogP contribution >= 0.6 is 0 Å². The summed E-state index contributed by atoms with van der Waals surface area (Å²) in [6.45, 7) is 1.67. The monoisotopic (exact) mass is 270 g/mol. The molecule has 0 saturated heterocycles. The van der Waals surface area contributed by atoms with Crippen LogP contribution in [0, 0.1) is 11.3 Å². The Labute approximate surface area is 117 Å². The van der Waals surface area contributed by atoms with E-state index in [0.29, 0.717) is 28.5 Å². The van der Waals surface area contributed by atoms with Crippen LogP contribution in [0.2, 0.25) is 0 Å². The van der Waals surface area contributed by atoms with Crippen LogP contribution in [-0.4, -0.2) is 17.2 Å². The molecule has 0 aliphatic carbocycles. The Morgan fingerprint density at radius 1 is 1.25 bits per heavy atom. The second kappa shape index (κ2) is 6.04. The van der Waals surface area contributed by atoms with E-state index in [4.69, 9.17) is 14.7 Å². The molecular weight excluding hydrogens is 256 g/mol. The van der Waals surface area contributed by atoms with Crippen molar-refractivity contribution in [3.8, 4) is 23.4 Å². The van der Waals surface area contributed by atoms with E-state index in [1.54, 1.807) is 43.5 Å². The zero-order chi connectivity index (χ0) is 14.5. The molecule has 5 heteroatoms. The van der Waals surface area contributed by atoms with Gasteiger partial charge in [0.1, 0.15) is 0 Å². The van der Waals surface area contributed by atoms with Gasteiger partial charge in [-0.25, -0.2) is 4.98 Å². The Morgan fingerprint density at radius 3 is 2.70 bits per heavy atom. The van der Waals surface area contributed by atoms with Crippen LogP contribution in [0.5, 0.6) is 17.4 Å². The molecule has 1 N–H and O–H groups in total. The van der Waals surface area contributed by atoms with Gasteiger partial charge in [0.25, 0.3) is 0 Å². The van der Waals surface area contributed by atoms with Gasteiger partial charge < -0.3 is 14.6 Å². The molecule has 0 amide bonds. The highest BCUT2D eigenvalue weighted by Crippen LogP contribution is 2.32. The van der Waals surface area contributed by atoms with Crippen LogP contribution < -0.4 is 9.47 Å². The molecule has 1 unspecified atom stereocenters. The predicted octanol–water partition coefficient (Wildman–Crippen LogP) is 2.81. The Hall–Kier alpha value is -2.58. The van der Waals surface area contributed by atoms with Crippen molar-refractivity contribution in [2.75, 3.05) is 7.11 Å². The summed E-state index contributed by atoms with van der Waals surface area (Å²) in [6, 6.07) is 10.3. The van der Waals surface area contributed by atoms with E-state index >= 15 is 0 Å². The lowest BCUT2D eigenvalue weighted by Crippen LogP contribution is -1.96. The Bertz CT molecular complexity index is 648. The van der Waals surface area contributed by atoms with E-state index in [1.165, 1.54) is 7.11 Å². The van der Waals surface area contributed by atoms with E-state index in [9.17, 15) is 5.11 Å². The lowest BCUT2D eigenvalue weighted by Gasteiger charge is -2.11. The normalized spacial score (nSPS) is 11.5. The molecule has 0 radical (unpaired) electrons. The van der Waals surface area contributed by atoms with Crippen LogP contribution in [0.3, 0.4) is 0 Å². The number of rotatable bonds is 4. The van der Waals surface area contributed by atoms with Gasteiger partial charge in [-0.15, -0.1) is 0 Å². The average molecular weight is 270 g/mol. The number of benzene rings is 1. The van der Waals surface area contributed by atoms with E-state index in [-0.39, 0.29) is 0 Å². The molecule has 0 spiro atoms. The third kappa shape index (κ3) is 3.05. The van der Waals surface area contributed by atoms with Gasteiger partial charge in [0, 0.05) is 18.3 Å². The third-order valence-corrected chi connectivity index (χ3v) is 2.75. The molecular formula is C15H14N2O3. The van der Waals surface area contributed by atoms with Gasteiger partial charge in [-0.3, -0.25) is 0 Å². The molecule has 1 aromatic heterocycles. The molecule has 1 heterocycles. The van der Waals surface area contributed by atoms with Crippen molar-refractivity contribution in [2.24, 2.45) is 0 Å². The van der Waals surface area contributed by atoms with Gasteiger partial charge in [-0.05, 0) is 30.7 Å². The summed E-state index contributed by atoms with van der Waals surface area (Å²) in [7, 11) is 1.50. The third-order valence-electron chi connectivity index (χ3n) is 2.75. The number of methoxy groups -OCH3 is 1. The fraction of sp³-hybridized carbons (Fsp3) is 0.200. The van der Waals surface area contributed by atoms with Crippen molar-refractivity contribution >= 4 is 0 Å². The first-order valence-electron chi connectivity index (χ1n) is 6.04. The number of aliphatic hydroxyl groups excluding tert-OH is 1. The summed E-state index contributed by atoms with van der Waals surface area (Å²) in [5.41, 5.74) is 1.20. The minimum atomic E-state index is -0.594. The number of nitrogens with zero attached hydrogens (tertiary/aromatic N) is 2. The molecule has 2 aromatic rings. The predicted molar refractivity (Wildman–Crippen MR) is 72.7 cm³/mol. The summed E-state index contributed by atoms with van der Waals surface area (Å²) in [5, 5.41) is 18.4. The second-order valence-corrected chi connectivity index (χ2v) is 4.18. The van der Waals surface area contributed by atoms with Crippen LogP contribution in [0.25, 0.3) is 0 Å². The number of nitriles is 1. The number of ether oxygens (including phenoxy) is 2. The maximum absolute atomic E-state index is 9.54. The molecule has 1 aromatic carbocycles. The van der Waals surface area contributed by atoms with E-state index in [0.717, 1.165) is 0 Å². The molecule has 0 aliphatic heterocycles. The van der Waals surface area contributed by atoms with Gasteiger partial charge >= 0.3 is 0 Å². The number of aromatic nitrogens is 1. The quantitative estimate of drug-likeness (QED) is 0.924. The molecule has 5 nitrogen and oxygen atoms in total. The number of pyridine rings is 1. The van der Waals surface area contributed by atoms with Crippen LogP contribution in [-0.2, 0) is 0 Å². The largest absolute Gasteiger partial charge is 0.493 e. The van der Waals surface area contributed by atoms with E-state index < -0.39 is 6.10 Å². The lowest BCUT2D eigenvalue weighted by atomic mass is 10.2. The summed E-state index contributed by atoms with van der Waals surface area (Å²) in [6.07, 6.45) is 0.969. The summed E-state index contributed by atoms with van der Waals surface area (Å²) in [4.78, 5) is 4.08. The van der Waals surface area contributed by atoms with Crippen molar-refractivity contribution in [1.82, 2.24) is 4.98 Å². The fourth-order valence-corrected chi connectivity index (χ4v) is 1.67. The fourth-order valence-electron chi connectivity index (χ4n) is 1.67. The summed E-state index contributed by atoms with van der Waals surface area (Å²) < 4.78 is 10.8. The highest BCUT2D eigenvalue weighted by molar-refractivity contribution is 5.48. The highest BCUT2D eigenvalue weighted by Gasteiger charge is 2.09. The summed E-state index contributed by atoms with van der Waals surface area (Å²) >= 11 is 0. The maximum Gasteiger partial charge on any atom is 0.219 e. The molecule has 2 rings (SSSR count). The molecule has 102 valence electrons. The van der Waals surface area contributed by atoms with Gasteiger partial charge in [-0.2, -0.15) is 5.26 Å². The number of hydrogen-bond acceptors (Lipinski definition) is 5. The van der Waals surface area contributed by atoms with Gasteiger partial charge in [0.05, 0.1) is 24.8 Å². The minimum absolute atomic E-state index is 0.353. The standard InChI is InChI=1S/C15H14N2O3/c1-10(18)12-5-6-17-15(8-12)20-13-4-3-11(9-16)7-14(13)19-2/h3-8,10,18H,1-2H3. The molecule has 1 atom stereocenters. The lowest BCUT2D eigenvalue weighted by molar-refractivity contribution is 0.198. The molecule has 0 fully saturated rings. The Morgan fingerprint density at radius 2 is 2.05 bits per heavy atom. The van der Waals surface area contributed by atoms with Gasteiger partial charge in [-0.1, -0.05) is 0 Å². The Kier molecular flexibility index (Phi) is 4.18. The van der Waals surface area contributed by atoms with Crippen molar-refractivity contribution in [1.29, 1.82) is 5.26 Å². The van der Waals surface area contributed by atoms with Crippen molar-refractivity contribution < 1.29 is 14.6 Å². The zero-order valence-electron chi connectivity index (χ0n) is 11.2. The second-order valence-electron chi connectivity index (χ2n) is 4.18. The van der Waals surface area contributed by atoms with Gasteiger partial charge in [0.15, 0.2) is 11.5 Å². The van der Waals surface area contributed by atoms with Crippen LogP contribution in [0.4, 0.5) is 0 Å². The smallest absolute Gasteiger partial charge is 0.219 e. The van der Waals surface area contributed by atoms with Crippen molar-refractivity contribution in [2.45, 2.75) is 13.0 Å². The van der Waals surface area contributed by atoms with Crippen LogP contribution in [0.15, 0.2) is 36.5 Å². The number of hydrogen-bond donors (Lipinski definition) is 1. The molecule has 0 saturated carbocycles. The van der Waals surface area contributed by atoms with Crippen molar-refractivity contribution in [3.63, 3.8) is 0 Å². The first kappa shape index (κ1) is 13.8. The van der Waals surface area contributed by atoms with Gasteiger partial charge in [0.2, 0.25) is 5.88 Å². The average Bonchev–Trinajstić information content (AvgIpc) is 2.48. The maximum atomic E-state index is 9.54. The Balaban J connectivity index is 2.30. The van der Waals surface area contributed by atoms with Crippen molar-refractivity contribution in [3.05, 3.63) is 47.7 Å². The van der Waals surface area contributed by atoms with E-state index in [2.05, 4.69) is 4.98 Å². The molecule has 0 aliphatic rings. The number of aliphatic hydroxyl groups is 1.